The summed E-state index contributed by atoms with van der Waals surface area (Å²) in [5.41, 5.74) is 4.54. The molecule has 3 rings (SSSR count). The maximum absolute atomic E-state index is 4.80. The van der Waals surface area contributed by atoms with Crippen LogP contribution in [0, 0.1) is 0 Å². The van der Waals surface area contributed by atoms with E-state index in [9.17, 15) is 0 Å². The van der Waals surface area contributed by atoms with Gasteiger partial charge in [0.05, 0.1) is 11.2 Å². The van der Waals surface area contributed by atoms with Crippen molar-refractivity contribution >= 4 is 10.9 Å². The number of nitrogens with one attached hydrogen (secondary N) is 1. The van der Waals surface area contributed by atoms with Crippen LogP contribution in [0.3, 0.4) is 0 Å². The Balaban J connectivity index is 2.15. The highest BCUT2D eigenvalue weighted by Crippen LogP contribution is 2.28. The number of aromatic nitrogens is 1. The molecule has 100 valence electrons. The summed E-state index contributed by atoms with van der Waals surface area (Å²) in [5, 5.41) is 4.48. The average Bonchev–Trinajstić information content (AvgIpc) is 2.53. The van der Waals surface area contributed by atoms with Crippen molar-refractivity contribution in [1.29, 1.82) is 0 Å². The summed E-state index contributed by atoms with van der Waals surface area (Å²) in [4.78, 5) is 4.80. The molecule has 0 spiro atoms. The Hall–Kier alpha value is -2.19. The van der Waals surface area contributed by atoms with Crippen LogP contribution in [0.25, 0.3) is 22.2 Å². The molecule has 0 aliphatic carbocycles. The molecule has 0 radical (unpaired) electrons. The van der Waals surface area contributed by atoms with Gasteiger partial charge in [-0.3, -0.25) is 0 Å². The Morgan fingerprint density at radius 1 is 0.900 bits per heavy atom. The first kappa shape index (κ1) is 12.8. The van der Waals surface area contributed by atoms with Gasteiger partial charge in [-0.2, -0.15) is 0 Å². The van der Waals surface area contributed by atoms with Crippen molar-refractivity contribution in [3.05, 3.63) is 66.2 Å². The van der Waals surface area contributed by atoms with Gasteiger partial charge in [0.15, 0.2) is 0 Å². The standard InChI is InChI=1S/C18H18N2/c1-13(19-2)15-8-4-5-9-16(15)18-12-11-14-7-3-6-10-17(14)20-18/h3-13,19H,1-2H3. The number of rotatable bonds is 3. The Bertz CT molecular complexity index is 734. The summed E-state index contributed by atoms with van der Waals surface area (Å²) in [7, 11) is 1.98. The van der Waals surface area contributed by atoms with Gasteiger partial charge in [0.25, 0.3) is 0 Å². The molecule has 0 amide bonds. The maximum Gasteiger partial charge on any atom is 0.0713 e. The molecule has 0 saturated carbocycles. The lowest BCUT2D eigenvalue weighted by Crippen LogP contribution is -2.13. The second kappa shape index (κ2) is 5.43. The molecule has 1 N–H and O–H groups in total. The molecule has 0 aliphatic heterocycles. The highest BCUT2D eigenvalue weighted by Gasteiger charge is 2.11. The fraction of sp³-hybridized carbons (Fsp3) is 0.167. The van der Waals surface area contributed by atoms with Crippen LogP contribution in [0.15, 0.2) is 60.7 Å². The number of hydrogen-bond donors (Lipinski definition) is 1. The smallest absolute Gasteiger partial charge is 0.0713 e. The van der Waals surface area contributed by atoms with Crippen LogP contribution in [-0.2, 0) is 0 Å². The summed E-state index contributed by atoms with van der Waals surface area (Å²) in [6.45, 7) is 2.17. The van der Waals surface area contributed by atoms with E-state index < -0.39 is 0 Å². The lowest BCUT2D eigenvalue weighted by Gasteiger charge is -2.15. The lowest BCUT2D eigenvalue weighted by molar-refractivity contribution is 0.653. The van der Waals surface area contributed by atoms with Gasteiger partial charge in [0.2, 0.25) is 0 Å². The van der Waals surface area contributed by atoms with E-state index >= 15 is 0 Å². The van der Waals surface area contributed by atoms with Gasteiger partial charge in [-0.1, -0.05) is 48.5 Å². The molecule has 2 nitrogen and oxygen atoms in total. The summed E-state index contributed by atoms with van der Waals surface area (Å²) in [6, 6.07) is 21.2. The van der Waals surface area contributed by atoms with E-state index in [2.05, 4.69) is 60.8 Å². The molecule has 1 unspecified atom stereocenters. The third kappa shape index (κ3) is 2.30. The van der Waals surface area contributed by atoms with Gasteiger partial charge in [-0.05, 0) is 31.7 Å². The minimum Gasteiger partial charge on any atom is -0.313 e. The van der Waals surface area contributed by atoms with Crippen LogP contribution in [0.1, 0.15) is 18.5 Å². The Labute approximate surface area is 119 Å². The molecule has 0 bridgehead atoms. The molecule has 0 fully saturated rings. The highest BCUT2D eigenvalue weighted by molar-refractivity contribution is 5.82. The molecule has 3 aromatic rings. The molecule has 1 heterocycles. The molecule has 0 saturated heterocycles. The number of nitrogens with zero attached hydrogens (tertiary/aromatic N) is 1. The predicted octanol–water partition coefficient (Wildman–Crippen LogP) is 4.18. The lowest BCUT2D eigenvalue weighted by atomic mass is 9.98. The van der Waals surface area contributed by atoms with Gasteiger partial charge in [0, 0.05) is 17.0 Å². The Morgan fingerprint density at radius 2 is 1.65 bits per heavy atom. The number of para-hydroxylation sites is 1. The van der Waals surface area contributed by atoms with E-state index in [4.69, 9.17) is 4.98 Å². The van der Waals surface area contributed by atoms with E-state index in [0.717, 1.165) is 11.2 Å². The number of fused-ring (bicyclic) bond motifs is 1. The molecular formula is C18H18N2. The normalized spacial score (nSPS) is 12.5. The predicted molar refractivity (Wildman–Crippen MR) is 84.7 cm³/mol. The number of hydrogen-bond acceptors (Lipinski definition) is 2. The van der Waals surface area contributed by atoms with E-state index in [0.29, 0.717) is 6.04 Å². The first-order chi connectivity index (χ1) is 9.79. The van der Waals surface area contributed by atoms with Crippen LogP contribution < -0.4 is 5.32 Å². The summed E-state index contributed by atoms with van der Waals surface area (Å²) in [5.74, 6) is 0. The minimum atomic E-state index is 0.305. The quantitative estimate of drug-likeness (QED) is 0.766. The zero-order valence-electron chi connectivity index (χ0n) is 11.8. The van der Waals surface area contributed by atoms with Crippen molar-refractivity contribution in [2.24, 2.45) is 0 Å². The first-order valence-corrected chi connectivity index (χ1v) is 6.92. The zero-order chi connectivity index (χ0) is 13.9. The Kier molecular flexibility index (Phi) is 3.48. The van der Waals surface area contributed by atoms with Crippen LogP contribution in [-0.4, -0.2) is 12.0 Å². The molecule has 0 aliphatic rings. The molecule has 20 heavy (non-hydrogen) atoms. The second-order valence-electron chi connectivity index (χ2n) is 4.99. The fourth-order valence-corrected chi connectivity index (χ4v) is 2.48. The molecule has 2 aromatic carbocycles. The average molecular weight is 262 g/mol. The summed E-state index contributed by atoms with van der Waals surface area (Å²) < 4.78 is 0. The highest BCUT2D eigenvalue weighted by atomic mass is 14.9. The fourth-order valence-electron chi connectivity index (χ4n) is 2.48. The van der Waals surface area contributed by atoms with Crippen LogP contribution in [0.5, 0.6) is 0 Å². The SMILES string of the molecule is CNC(C)c1ccccc1-c1ccc2ccccc2n1. The number of benzene rings is 2. The van der Waals surface area contributed by atoms with Crippen molar-refractivity contribution in [3.8, 4) is 11.3 Å². The van der Waals surface area contributed by atoms with Crippen LogP contribution >= 0.6 is 0 Å². The van der Waals surface area contributed by atoms with Gasteiger partial charge < -0.3 is 5.32 Å². The second-order valence-corrected chi connectivity index (χ2v) is 4.99. The summed E-state index contributed by atoms with van der Waals surface area (Å²) >= 11 is 0. The van der Waals surface area contributed by atoms with Crippen molar-refractivity contribution in [1.82, 2.24) is 10.3 Å². The summed E-state index contributed by atoms with van der Waals surface area (Å²) in [6.07, 6.45) is 0. The van der Waals surface area contributed by atoms with Crippen LogP contribution in [0.4, 0.5) is 0 Å². The van der Waals surface area contributed by atoms with Crippen molar-refractivity contribution in [2.45, 2.75) is 13.0 Å². The van der Waals surface area contributed by atoms with Crippen molar-refractivity contribution in [3.63, 3.8) is 0 Å². The zero-order valence-corrected chi connectivity index (χ0v) is 11.8. The van der Waals surface area contributed by atoms with Gasteiger partial charge >= 0.3 is 0 Å². The molecule has 1 atom stereocenters. The van der Waals surface area contributed by atoms with E-state index in [1.54, 1.807) is 0 Å². The molecule has 1 aromatic heterocycles. The van der Waals surface area contributed by atoms with Gasteiger partial charge in [-0.25, -0.2) is 4.98 Å². The third-order valence-corrected chi connectivity index (χ3v) is 3.73. The minimum absolute atomic E-state index is 0.305. The van der Waals surface area contributed by atoms with Crippen molar-refractivity contribution < 1.29 is 0 Å². The van der Waals surface area contributed by atoms with Gasteiger partial charge in [-0.15, -0.1) is 0 Å². The van der Waals surface area contributed by atoms with Crippen molar-refractivity contribution in [2.75, 3.05) is 7.05 Å². The largest absolute Gasteiger partial charge is 0.313 e. The molecule has 2 heteroatoms. The van der Waals surface area contributed by atoms with E-state index in [1.165, 1.54) is 16.5 Å². The topological polar surface area (TPSA) is 24.9 Å². The van der Waals surface area contributed by atoms with E-state index in [1.807, 2.05) is 19.2 Å². The monoisotopic (exact) mass is 262 g/mol. The number of pyridine rings is 1. The maximum atomic E-state index is 4.80. The Morgan fingerprint density at radius 3 is 2.50 bits per heavy atom. The first-order valence-electron chi connectivity index (χ1n) is 6.92. The van der Waals surface area contributed by atoms with Crippen LogP contribution in [0.2, 0.25) is 0 Å². The van der Waals surface area contributed by atoms with Gasteiger partial charge in [0.1, 0.15) is 0 Å². The van der Waals surface area contributed by atoms with E-state index in [-0.39, 0.29) is 0 Å². The third-order valence-electron chi connectivity index (χ3n) is 3.73. The molecular weight excluding hydrogens is 244 g/mol.